The molecule has 1 aromatic heterocycles. The van der Waals surface area contributed by atoms with Crippen molar-refractivity contribution in [3.05, 3.63) is 21.9 Å². The van der Waals surface area contributed by atoms with E-state index in [2.05, 4.69) is 24.1 Å². The van der Waals surface area contributed by atoms with Crippen LogP contribution in [0.5, 0.6) is 0 Å². The summed E-state index contributed by atoms with van der Waals surface area (Å²) in [5.41, 5.74) is 0. The maximum absolute atomic E-state index is 11.8. The van der Waals surface area contributed by atoms with Gasteiger partial charge in [-0.1, -0.05) is 18.8 Å². The Labute approximate surface area is 124 Å². The summed E-state index contributed by atoms with van der Waals surface area (Å²) in [6.07, 6.45) is 2.29. The van der Waals surface area contributed by atoms with Crippen LogP contribution < -0.4 is 5.32 Å². The summed E-state index contributed by atoms with van der Waals surface area (Å²) in [6, 6.07) is 3.60. The van der Waals surface area contributed by atoms with Gasteiger partial charge in [0.25, 0.3) is 5.91 Å². The van der Waals surface area contributed by atoms with E-state index >= 15 is 0 Å². The third-order valence-electron chi connectivity index (χ3n) is 2.38. The molecule has 0 aliphatic carbocycles. The number of nitrogens with one attached hydrogen (secondary N) is 1. The molecule has 0 spiro atoms. The predicted octanol–water partition coefficient (Wildman–Crippen LogP) is 2.03. The molecule has 4 nitrogen and oxygen atoms in total. The summed E-state index contributed by atoms with van der Waals surface area (Å²) in [7, 11) is 0. The first kappa shape index (κ1) is 16.7. The molecule has 1 amide bonds. The lowest BCUT2D eigenvalue weighted by molar-refractivity contribution is 0.0945. The summed E-state index contributed by atoms with van der Waals surface area (Å²) >= 11 is 1.36. The lowest BCUT2D eigenvalue weighted by Crippen LogP contribution is -2.24. The fraction of sp³-hybridized carbons (Fsp3) is 0.533. The van der Waals surface area contributed by atoms with Crippen LogP contribution in [0.15, 0.2) is 12.1 Å². The maximum Gasteiger partial charge on any atom is 0.261 e. The Bertz CT molecular complexity index is 459. The van der Waals surface area contributed by atoms with Gasteiger partial charge in [0.15, 0.2) is 0 Å². The highest BCUT2D eigenvalue weighted by molar-refractivity contribution is 7.14. The van der Waals surface area contributed by atoms with Crippen LogP contribution in [0.4, 0.5) is 0 Å². The standard InChI is InChI=1S/C15H21NO3S/c1-2-11-19-12-5-9-16-15(18)14-8-7-13(20-14)6-3-4-10-17/h7-8,17H,2,4-5,9-12H2,1H3,(H,16,18). The fourth-order valence-corrected chi connectivity index (χ4v) is 2.24. The van der Waals surface area contributed by atoms with Gasteiger partial charge in [0.2, 0.25) is 0 Å². The third-order valence-corrected chi connectivity index (χ3v) is 3.38. The van der Waals surface area contributed by atoms with Crippen molar-refractivity contribution in [2.75, 3.05) is 26.4 Å². The molecule has 0 saturated heterocycles. The molecule has 0 atom stereocenters. The van der Waals surface area contributed by atoms with Crippen molar-refractivity contribution >= 4 is 17.2 Å². The van der Waals surface area contributed by atoms with E-state index in [0.29, 0.717) is 24.4 Å². The minimum Gasteiger partial charge on any atom is -0.395 e. The minimum absolute atomic E-state index is 0.0613. The minimum atomic E-state index is -0.0688. The number of carbonyl (C=O) groups is 1. The number of rotatable bonds is 8. The molecule has 20 heavy (non-hydrogen) atoms. The molecule has 5 heteroatoms. The van der Waals surface area contributed by atoms with Crippen LogP contribution in [0.1, 0.15) is 40.7 Å². The topological polar surface area (TPSA) is 58.6 Å². The fourth-order valence-electron chi connectivity index (χ4n) is 1.44. The van der Waals surface area contributed by atoms with Gasteiger partial charge in [0.05, 0.1) is 16.4 Å². The van der Waals surface area contributed by atoms with Crippen LogP contribution in [-0.4, -0.2) is 37.4 Å². The van der Waals surface area contributed by atoms with Crippen LogP contribution in [0.3, 0.4) is 0 Å². The van der Waals surface area contributed by atoms with Gasteiger partial charge in [-0.2, -0.15) is 0 Å². The molecule has 1 heterocycles. The van der Waals surface area contributed by atoms with E-state index in [1.54, 1.807) is 6.07 Å². The number of hydrogen-bond acceptors (Lipinski definition) is 4. The lowest BCUT2D eigenvalue weighted by atomic mass is 10.3. The molecule has 0 aromatic carbocycles. The van der Waals surface area contributed by atoms with Gasteiger partial charge in [-0.3, -0.25) is 4.79 Å². The predicted molar refractivity (Wildman–Crippen MR) is 81.0 cm³/mol. The Hall–Kier alpha value is -1.35. The zero-order valence-electron chi connectivity index (χ0n) is 11.8. The van der Waals surface area contributed by atoms with E-state index in [0.717, 1.165) is 24.3 Å². The number of ether oxygens (including phenoxy) is 1. The van der Waals surface area contributed by atoms with Crippen molar-refractivity contribution in [2.24, 2.45) is 0 Å². The Balaban J connectivity index is 2.28. The first-order valence-electron chi connectivity index (χ1n) is 6.83. The van der Waals surface area contributed by atoms with Gasteiger partial charge in [0, 0.05) is 26.2 Å². The maximum atomic E-state index is 11.8. The largest absolute Gasteiger partial charge is 0.395 e. The number of thiophene rings is 1. The van der Waals surface area contributed by atoms with Crippen molar-refractivity contribution in [3.8, 4) is 11.8 Å². The van der Waals surface area contributed by atoms with E-state index in [1.807, 2.05) is 6.07 Å². The summed E-state index contributed by atoms with van der Waals surface area (Å²) in [5.74, 6) is 5.69. The molecule has 0 unspecified atom stereocenters. The van der Waals surface area contributed by atoms with Crippen LogP contribution >= 0.6 is 11.3 Å². The number of hydrogen-bond donors (Lipinski definition) is 2. The van der Waals surface area contributed by atoms with Gasteiger partial charge in [-0.05, 0) is 25.0 Å². The number of amides is 1. The molecule has 110 valence electrons. The van der Waals surface area contributed by atoms with E-state index in [9.17, 15) is 4.79 Å². The molecule has 2 N–H and O–H groups in total. The molecule has 0 radical (unpaired) electrons. The summed E-state index contributed by atoms with van der Waals surface area (Å²) in [5, 5.41) is 11.5. The Morgan fingerprint density at radius 2 is 2.30 bits per heavy atom. The third kappa shape index (κ3) is 6.71. The first-order valence-corrected chi connectivity index (χ1v) is 7.65. The van der Waals surface area contributed by atoms with Gasteiger partial charge in [-0.15, -0.1) is 11.3 Å². The number of aliphatic hydroxyl groups is 1. The smallest absolute Gasteiger partial charge is 0.261 e. The van der Waals surface area contributed by atoms with Gasteiger partial charge in [0.1, 0.15) is 0 Å². The summed E-state index contributed by atoms with van der Waals surface area (Å²) < 4.78 is 5.34. The zero-order chi connectivity index (χ0) is 14.6. The van der Waals surface area contributed by atoms with E-state index in [1.165, 1.54) is 11.3 Å². The second-order valence-electron chi connectivity index (χ2n) is 4.16. The number of carbonyl (C=O) groups excluding carboxylic acids is 1. The molecule has 0 bridgehead atoms. The molecule has 1 rings (SSSR count). The van der Waals surface area contributed by atoms with Crippen molar-refractivity contribution in [2.45, 2.75) is 26.2 Å². The SMILES string of the molecule is CCCOCCCNC(=O)c1ccc(C#CCCO)s1. The van der Waals surface area contributed by atoms with Gasteiger partial charge in [-0.25, -0.2) is 0 Å². The average molecular weight is 295 g/mol. The van der Waals surface area contributed by atoms with Crippen LogP contribution in [0.2, 0.25) is 0 Å². The van der Waals surface area contributed by atoms with E-state index in [-0.39, 0.29) is 12.5 Å². The van der Waals surface area contributed by atoms with Crippen molar-refractivity contribution in [1.82, 2.24) is 5.32 Å². The highest BCUT2D eigenvalue weighted by Gasteiger charge is 2.07. The van der Waals surface area contributed by atoms with Gasteiger partial charge < -0.3 is 15.2 Å². The van der Waals surface area contributed by atoms with E-state index in [4.69, 9.17) is 9.84 Å². The second kappa shape index (κ2) is 10.4. The molecule has 0 aliphatic rings. The monoisotopic (exact) mass is 295 g/mol. The van der Waals surface area contributed by atoms with Crippen LogP contribution in [0, 0.1) is 11.8 Å². The van der Waals surface area contributed by atoms with Crippen LogP contribution in [0.25, 0.3) is 0 Å². The first-order chi connectivity index (χ1) is 9.77. The van der Waals surface area contributed by atoms with Crippen molar-refractivity contribution in [1.29, 1.82) is 0 Å². The zero-order valence-corrected chi connectivity index (χ0v) is 12.6. The van der Waals surface area contributed by atoms with Gasteiger partial charge >= 0.3 is 0 Å². The molecule has 0 aliphatic heterocycles. The Morgan fingerprint density at radius 3 is 3.05 bits per heavy atom. The molecule has 1 aromatic rings. The quantitative estimate of drug-likeness (QED) is 0.570. The molecule has 0 fully saturated rings. The highest BCUT2D eigenvalue weighted by atomic mass is 32.1. The Kier molecular flexibility index (Phi) is 8.72. The average Bonchev–Trinajstić information content (AvgIpc) is 2.92. The second-order valence-corrected chi connectivity index (χ2v) is 5.24. The van der Waals surface area contributed by atoms with Crippen molar-refractivity contribution < 1.29 is 14.6 Å². The van der Waals surface area contributed by atoms with Crippen LogP contribution in [-0.2, 0) is 4.74 Å². The Morgan fingerprint density at radius 1 is 1.45 bits per heavy atom. The number of aliphatic hydroxyl groups excluding tert-OH is 1. The van der Waals surface area contributed by atoms with Crippen molar-refractivity contribution in [3.63, 3.8) is 0 Å². The summed E-state index contributed by atoms with van der Waals surface area (Å²) in [6.45, 7) is 4.20. The highest BCUT2D eigenvalue weighted by Crippen LogP contribution is 2.15. The van der Waals surface area contributed by atoms with E-state index < -0.39 is 0 Å². The summed E-state index contributed by atoms with van der Waals surface area (Å²) in [4.78, 5) is 13.3. The lowest BCUT2D eigenvalue weighted by Gasteiger charge is -2.04. The molecular formula is C15H21NO3S. The normalized spacial score (nSPS) is 9.90. The molecular weight excluding hydrogens is 274 g/mol. The molecule has 0 saturated carbocycles.